The summed E-state index contributed by atoms with van der Waals surface area (Å²) in [6.07, 6.45) is 14.0. The van der Waals surface area contributed by atoms with Crippen LogP contribution in [0.4, 0.5) is 4.79 Å². The molecule has 0 aromatic heterocycles. The van der Waals surface area contributed by atoms with Crippen LogP contribution in [0.3, 0.4) is 0 Å². The Balaban J connectivity index is 2.18. The third kappa shape index (κ3) is 5.61. The maximum absolute atomic E-state index is 12.2. The van der Waals surface area contributed by atoms with Crippen LogP contribution in [0.25, 0.3) is 5.57 Å². The van der Waals surface area contributed by atoms with Crippen molar-refractivity contribution in [2.45, 2.75) is 45.1 Å². The van der Waals surface area contributed by atoms with Crippen LogP contribution in [0.1, 0.15) is 50.2 Å². The average Bonchev–Trinajstić information content (AvgIpc) is 3.00. The summed E-state index contributed by atoms with van der Waals surface area (Å²) in [5, 5.41) is 11.7. The van der Waals surface area contributed by atoms with Crippen LogP contribution in [0.15, 0.2) is 54.1 Å². The fourth-order valence-corrected chi connectivity index (χ4v) is 3.38. The zero-order valence-electron chi connectivity index (χ0n) is 16.9. The quantitative estimate of drug-likeness (QED) is 0.472. The summed E-state index contributed by atoms with van der Waals surface area (Å²) < 4.78 is 5.41. The molecule has 0 spiro atoms. The molecule has 29 heavy (non-hydrogen) atoms. The van der Waals surface area contributed by atoms with Crippen LogP contribution < -0.4 is 5.32 Å². The monoisotopic (exact) mass is 393 g/mol. The number of amides is 1. The number of carbonyl (C=O) groups excluding carboxylic acids is 1. The van der Waals surface area contributed by atoms with E-state index in [1.807, 2.05) is 24.3 Å². The molecule has 1 aliphatic carbocycles. The number of carboxylic acids is 1. The number of rotatable bonds is 9. The van der Waals surface area contributed by atoms with Gasteiger partial charge in [0.1, 0.15) is 12.6 Å². The van der Waals surface area contributed by atoms with Crippen LogP contribution in [-0.4, -0.2) is 29.8 Å². The Morgan fingerprint density at radius 3 is 2.76 bits per heavy atom. The summed E-state index contributed by atoms with van der Waals surface area (Å²) >= 11 is 0. The van der Waals surface area contributed by atoms with Gasteiger partial charge in [0.15, 0.2) is 0 Å². The zero-order valence-corrected chi connectivity index (χ0v) is 16.9. The van der Waals surface area contributed by atoms with E-state index in [0.29, 0.717) is 6.42 Å². The van der Waals surface area contributed by atoms with Gasteiger partial charge in [0, 0.05) is 12.3 Å². The minimum atomic E-state index is -1.11. The molecule has 1 aromatic carbocycles. The van der Waals surface area contributed by atoms with Crippen LogP contribution in [0, 0.1) is 12.3 Å². The number of carboxylic acid groups (broad SMARTS) is 1. The Bertz CT molecular complexity index is 873. The van der Waals surface area contributed by atoms with Gasteiger partial charge in [-0.25, -0.2) is 9.59 Å². The Morgan fingerprint density at radius 2 is 2.10 bits per heavy atom. The molecule has 1 amide bonds. The molecular weight excluding hydrogens is 366 g/mol. The molecule has 0 heterocycles. The fourth-order valence-electron chi connectivity index (χ4n) is 3.38. The van der Waals surface area contributed by atoms with Crippen molar-refractivity contribution >= 4 is 17.6 Å². The van der Waals surface area contributed by atoms with E-state index in [-0.39, 0.29) is 18.9 Å². The van der Waals surface area contributed by atoms with Gasteiger partial charge in [0.2, 0.25) is 0 Å². The first kappa shape index (κ1) is 22.0. The molecule has 0 aliphatic heterocycles. The van der Waals surface area contributed by atoms with Crippen LogP contribution in [0.5, 0.6) is 0 Å². The number of fused-ring (bicyclic) bond motifs is 1. The Kier molecular flexibility index (Phi) is 8.29. The van der Waals surface area contributed by atoms with Crippen molar-refractivity contribution in [2.75, 3.05) is 6.61 Å². The third-order valence-electron chi connectivity index (χ3n) is 4.78. The van der Waals surface area contributed by atoms with Crippen molar-refractivity contribution in [3.8, 4) is 12.3 Å². The van der Waals surface area contributed by atoms with E-state index in [0.717, 1.165) is 28.7 Å². The maximum Gasteiger partial charge on any atom is 0.407 e. The van der Waals surface area contributed by atoms with E-state index in [2.05, 4.69) is 30.3 Å². The van der Waals surface area contributed by atoms with E-state index in [9.17, 15) is 14.7 Å². The maximum atomic E-state index is 12.2. The second-order valence-electron chi connectivity index (χ2n) is 6.71. The van der Waals surface area contributed by atoms with Crippen LogP contribution in [0.2, 0.25) is 0 Å². The van der Waals surface area contributed by atoms with Crippen molar-refractivity contribution in [3.05, 3.63) is 65.3 Å². The number of nitrogens with one attached hydrogen (secondary N) is 1. The molecule has 2 atom stereocenters. The highest BCUT2D eigenvalue weighted by Gasteiger charge is 2.30. The van der Waals surface area contributed by atoms with Crippen molar-refractivity contribution in [3.63, 3.8) is 0 Å². The molecule has 5 nitrogen and oxygen atoms in total. The van der Waals surface area contributed by atoms with Crippen molar-refractivity contribution in [1.82, 2.24) is 5.32 Å². The second-order valence-corrected chi connectivity index (χ2v) is 6.71. The topological polar surface area (TPSA) is 75.6 Å². The lowest BCUT2D eigenvalue weighted by atomic mass is 9.94. The number of benzene rings is 1. The largest absolute Gasteiger partial charge is 0.480 e. The van der Waals surface area contributed by atoms with Crippen molar-refractivity contribution in [2.24, 2.45) is 0 Å². The molecule has 2 N–H and O–H groups in total. The smallest absolute Gasteiger partial charge is 0.407 e. The number of terminal acetylenes is 1. The molecule has 1 unspecified atom stereocenters. The zero-order chi connectivity index (χ0) is 21.2. The van der Waals surface area contributed by atoms with Crippen molar-refractivity contribution in [1.29, 1.82) is 0 Å². The lowest BCUT2D eigenvalue weighted by molar-refractivity contribution is -0.139. The van der Waals surface area contributed by atoms with Gasteiger partial charge in [0.25, 0.3) is 0 Å². The first-order valence-electron chi connectivity index (χ1n) is 9.73. The summed E-state index contributed by atoms with van der Waals surface area (Å²) in [7, 11) is 0. The van der Waals surface area contributed by atoms with Crippen molar-refractivity contribution < 1.29 is 19.4 Å². The average molecular weight is 393 g/mol. The molecule has 1 aliphatic rings. The molecule has 0 radical (unpaired) electrons. The lowest BCUT2D eigenvalue weighted by Gasteiger charge is -2.18. The number of allylic oxidation sites excluding steroid dienone is 4. The highest BCUT2D eigenvalue weighted by atomic mass is 16.5. The Morgan fingerprint density at radius 1 is 1.34 bits per heavy atom. The first-order valence-corrected chi connectivity index (χ1v) is 9.73. The molecule has 152 valence electrons. The van der Waals surface area contributed by atoms with E-state index in [1.54, 1.807) is 19.1 Å². The molecule has 5 heteroatoms. The minimum Gasteiger partial charge on any atom is -0.480 e. The third-order valence-corrected chi connectivity index (χ3v) is 4.78. The van der Waals surface area contributed by atoms with E-state index >= 15 is 0 Å². The SMILES string of the molecule is C#CCC1=C(/C=C\CC)c2ccccc2C1COC(=O)N[C@@H](C/C=C/C)C(=O)O. The number of alkyl carbamates (subject to hydrolysis) is 1. The summed E-state index contributed by atoms with van der Waals surface area (Å²) in [6.45, 7) is 3.95. The Labute approximate surface area is 172 Å². The summed E-state index contributed by atoms with van der Waals surface area (Å²) in [6, 6.07) is 6.94. The molecule has 0 fully saturated rings. The lowest BCUT2D eigenvalue weighted by Crippen LogP contribution is -2.41. The predicted octanol–water partition coefficient (Wildman–Crippen LogP) is 4.67. The molecule has 1 aromatic rings. The normalized spacial score (nSPS) is 16.7. The van der Waals surface area contributed by atoms with Gasteiger partial charge in [-0.1, -0.05) is 55.5 Å². The number of ether oxygens (including phenoxy) is 1. The second kappa shape index (κ2) is 10.9. The van der Waals surface area contributed by atoms with Crippen LogP contribution >= 0.6 is 0 Å². The summed E-state index contributed by atoms with van der Waals surface area (Å²) in [4.78, 5) is 23.5. The highest BCUT2D eigenvalue weighted by molar-refractivity contribution is 5.85. The number of aliphatic carboxylic acids is 1. The van der Waals surface area contributed by atoms with Gasteiger partial charge in [-0.05, 0) is 42.0 Å². The number of hydrogen-bond acceptors (Lipinski definition) is 3. The van der Waals surface area contributed by atoms with E-state index in [1.165, 1.54) is 0 Å². The first-order chi connectivity index (χ1) is 14.0. The standard InChI is InChI=1S/C24H27NO4/c1-4-7-12-18-17(11-6-3)21(20-14-10-9-13-19(18)20)16-29-24(28)25-22(23(26)27)15-8-5-2/h3,5,7-10,12-14,21-22H,4,11,15-16H2,1-2H3,(H,25,28)(H,26,27)/b8-5+,12-7-/t21?,22-/m0/s1. The number of carbonyl (C=O) groups is 2. The van der Waals surface area contributed by atoms with Gasteiger partial charge in [0.05, 0.1) is 0 Å². The molecular formula is C24H27NO4. The van der Waals surface area contributed by atoms with E-state index < -0.39 is 18.1 Å². The highest BCUT2D eigenvalue weighted by Crippen LogP contribution is 2.44. The molecule has 0 saturated carbocycles. The van der Waals surface area contributed by atoms with Gasteiger partial charge in [-0.3, -0.25) is 0 Å². The van der Waals surface area contributed by atoms with Gasteiger partial charge >= 0.3 is 12.1 Å². The van der Waals surface area contributed by atoms with Gasteiger partial charge < -0.3 is 15.2 Å². The number of hydrogen-bond donors (Lipinski definition) is 2. The molecule has 0 saturated heterocycles. The molecule has 2 rings (SSSR count). The Hall–Kier alpha value is -3.26. The molecule has 0 bridgehead atoms. The van der Waals surface area contributed by atoms with Gasteiger partial charge in [-0.15, -0.1) is 12.3 Å². The predicted molar refractivity (Wildman–Crippen MR) is 114 cm³/mol. The fraction of sp³-hybridized carbons (Fsp3) is 0.333. The van der Waals surface area contributed by atoms with Gasteiger partial charge in [-0.2, -0.15) is 0 Å². The minimum absolute atomic E-state index is 0.0965. The van der Waals surface area contributed by atoms with E-state index in [4.69, 9.17) is 11.2 Å². The van der Waals surface area contributed by atoms with Crippen LogP contribution in [-0.2, 0) is 9.53 Å². The summed E-state index contributed by atoms with van der Waals surface area (Å²) in [5.74, 6) is 1.45. The summed E-state index contributed by atoms with van der Waals surface area (Å²) in [5.41, 5.74) is 4.26.